The van der Waals surface area contributed by atoms with Crippen molar-refractivity contribution in [3.8, 4) is 5.75 Å². The highest BCUT2D eigenvalue weighted by Crippen LogP contribution is 2.17. The van der Waals surface area contributed by atoms with E-state index < -0.39 is 0 Å². The van der Waals surface area contributed by atoms with Crippen molar-refractivity contribution in [2.45, 2.75) is 32.7 Å². The predicted octanol–water partition coefficient (Wildman–Crippen LogP) is 3.20. The van der Waals surface area contributed by atoms with Crippen LogP contribution in [0.25, 0.3) is 0 Å². The zero-order chi connectivity index (χ0) is 19.2. The van der Waals surface area contributed by atoms with Gasteiger partial charge in [0.05, 0.1) is 7.11 Å². The number of amides is 2. The van der Waals surface area contributed by atoms with Crippen LogP contribution in [-0.2, 0) is 6.42 Å². The Morgan fingerprint density at radius 3 is 2.27 bits per heavy atom. The monoisotopic (exact) mass is 354 g/mol. The minimum absolute atomic E-state index is 0.193. The highest BCUT2D eigenvalue weighted by molar-refractivity contribution is 5.99. The summed E-state index contributed by atoms with van der Waals surface area (Å²) in [4.78, 5) is 24.6. The fraction of sp³-hybridized carbons (Fsp3) is 0.333. The standard InChI is InChI=1S/C21H26N2O3/c1-21(2,3)23-20(25)17-10-7-9-16(14-17)19(24)22-13-12-15-8-5-6-11-18(15)26-4/h5-11,14H,12-13H2,1-4H3,(H,22,24)(H,23,25). The molecule has 0 aliphatic rings. The first kappa shape index (κ1) is 19.5. The highest BCUT2D eigenvalue weighted by Gasteiger charge is 2.16. The van der Waals surface area contributed by atoms with Gasteiger partial charge < -0.3 is 15.4 Å². The molecule has 0 bridgehead atoms. The molecule has 0 saturated heterocycles. The minimum atomic E-state index is -0.329. The first-order valence-electron chi connectivity index (χ1n) is 8.63. The molecule has 0 fully saturated rings. The minimum Gasteiger partial charge on any atom is -0.496 e. The summed E-state index contributed by atoms with van der Waals surface area (Å²) in [7, 11) is 1.63. The molecule has 26 heavy (non-hydrogen) atoms. The fourth-order valence-corrected chi connectivity index (χ4v) is 2.54. The molecule has 0 radical (unpaired) electrons. The molecule has 0 aliphatic carbocycles. The lowest BCUT2D eigenvalue weighted by Gasteiger charge is -2.20. The molecule has 0 heterocycles. The smallest absolute Gasteiger partial charge is 0.251 e. The Labute approximate surface area is 154 Å². The van der Waals surface area contributed by atoms with Gasteiger partial charge in [0, 0.05) is 23.2 Å². The van der Waals surface area contributed by atoms with E-state index in [1.54, 1.807) is 31.4 Å². The lowest BCUT2D eigenvalue weighted by molar-refractivity contribution is 0.0919. The number of carbonyl (C=O) groups excluding carboxylic acids is 2. The summed E-state index contributed by atoms with van der Waals surface area (Å²) in [5, 5.41) is 5.78. The van der Waals surface area contributed by atoms with Crippen molar-refractivity contribution < 1.29 is 14.3 Å². The Kier molecular flexibility index (Phi) is 6.39. The van der Waals surface area contributed by atoms with Crippen LogP contribution in [0, 0.1) is 0 Å². The summed E-state index contributed by atoms with van der Waals surface area (Å²) in [6, 6.07) is 14.5. The molecule has 0 unspecified atom stereocenters. The van der Waals surface area contributed by atoms with Crippen molar-refractivity contribution in [1.82, 2.24) is 10.6 Å². The Bertz CT molecular complexity index is 779. The van der Waals surface area contributed by atoms with Gasteiger partial charge in [-0.1, -0.05) is 24.3 Å². The average molecular weight is 354 g/mol. The predicted molar refractivity (Wildman–Crippen MR) is 103 cm³/mol. The number of hydrogen-bond donors (Lipinski definition) is 2. The number of benzene rings is 2. The van der Waals surface area contributed by atoms with E-state index >= 15 is 0 Å². The van der Waals surface area contributed by atoms with Crippen molar-refractivity contribution in [3.05, 3.63) is 65.2 Å². The van der Waals surface area contributed by atoms with E-state index in [1.807, 2.05) is 45.0 Å². The largest absolute Gasteiger partial charge is 0.496 e. The first-order chi connectivity index (χ1) is 12.3. The van der Waals surface area contributed by atoms with E-state index in [0.29, 0.717) is 24.1 Å². The van der Waals surface area contributed by atoms with E-state index in [1.165, 1.54) is 0 Å². The number of hydrogen-bond acceptors (Lipinski definition) is 3. The first-order valence-corrected chi connectivity index (χ1v) is 8.63. The number of para-hydroxylation sites is 1. The van der Waals surface area contributed by atoms with Crippen molar-refractivity contribution in [2.75, 3.05) is 13.7 Å². The highest BCUT2D eigenvalue weighted by atomic mass is 16.5. The number of ether oxygens (including phenoxy) is 1. The Morgan fingerprint density at radius 1 is 0.962 bits per heavy atom. The molecule has 0 aromatic heterocycles. The summed E-state index contributed by atoms with van der Waals surface area (Å²) < 4.78 is 5.31. The molecule has 0 spiro atoms. The van der Waals surface area contributed by atoms with Gasteiger partial charge in [-0.05, 0) is 57.0 Å². The molecule has 5 heteroatoms. The van der Waals surface area contributed by atoms with E-state index in [-0.39, 0.29) is 17.4 Å². The maximum absolute atomic E-state index is 12.4. The topological polar surface area (TPSA) is 67.4 Å². The zero-order valence-corrected chi connectivity index (χ0v) is 15.8. The Morgan fingerprint density at radius 2 is 1.62 bits per heavy atom. The van der Waals surface area contributed by atoms with Gasteiger partial charge in [-0.2, -0.15) is 0 Å². The summed E-state index contributed by atoms with van der Waals surface area (Å²) in [6.07, 6.45) is 0.667. The zero-order valence-electron chi connectivity index (χ0n) is 15.8. The number of rotatable bonds is 6. The van der Waals surface area contributed by atoms with Crippen LogP contribution in [0.3, 0.4) is 0 Å². The summed E-state index contributed by atoms with van der Waals surface area (Å²) in [5.74, 6) is 0.411. The molecule has 2 aromatic carbocycles. The van der Waals surface area contributed by atoms with Crippen LogP contribution >= 0.6 is 0 Å². The van der Waals surface area contributed by atoms with Crippen molar-refractivity contribution in [2.24, 2.45) is 0 Å². The van der Waals surface area contributed by atoms with Gasteiger partial charge in [0.25, 0.3) is 11.8 Å². The molecule has 2 aromatic rings. The van der Waals surface area contributed by atoms with Crippen LogP contribution in [0.15, 0.2) is 48.5 Å². The number of nitrogens with one attached hydrogen (secondary N) is 2. The van der Waals surface area contributed by atoms with Crippen LogP contribution in [0.1, 0.15) is 47.1 Å². The molecule has 0 saturated carbocycles. The van der Waals surface area contributed by atoms with Gasteiger partial charge >= 0.3 is 0 Å². The summed E-state index contributed by atoms with van der Waals surface area (Å²) >= 11 is 0. The molecule has 0 atom stereocenters. The van der Waals surface area contributed by atoms with Crippen molar-refractivity contribution >= 4 is 11.8 Å². The van der Waals surface area contributed by atoms with Crippen molar-refractivity contribution in [3.63, 3.8) is 0 Å². The lowest BCUT2D eigenvalue weighted by atomic mass is 10.1. The van der Waals surface area contributed by atoms with E-state index in [9.17, 15) is 9.59 Å². The van der Waals surface area contributed by atoms with Gasteiger partial charge in [0.15, 0.2) is 0 Å². The molecule has 0 aliphatic heterocycles. The molecule has 2 amide bonds. The molecule has 2 N–H and O–H groups in total. The van der Waals surface area contributed by atoms with Gasteiger partial charge in [0.2, 0.25) is 0 Å². The maximum atomic E-state index is 12.4. The third-order valence-electron chi connectivity index (χ3n) is 3.75. The van der Waals surface area contributed by atoms with Crippen LogP contribution in [0.4, 0.5) is 0 Å². The second kappa shape index (κ2) is 8.52. The summed E-state index contributed by atoms with van der Waals surface area (Å²) in [5.41, 5.74) is 1.64. The molecule has 5 nitrogen and oxygen atoms in total. The second-order valence-corrected chi connectivity index (χ2v) is 7.10. The third-order valence-corrected chi connectivity index (χ3v) is 3.75. The average Bonchev–Trinajstić information content (AvgIpc) is 2.60. The summed E-state index contributed by atoms with van der Waals surface area (Å²) in [6.45, 7) is 6.23. The second-order valence-electron chi connectivity index (χ2n) is 7.10. The van der Waals surface area contributed by atoms with Crippen molar-refractivity contribution in [1.29, 1.82) is 0 Å². The van der Waals surface area contributed by atoms with Crippen LogP contribution in [0.5, 0.6) is 5.75 Å². The quantitative estimate of drug-likeness (QED) is 0.837. The lowest BCUT2D eigenvalue weighted by Crippen LogP contribution is -2.40. The molecule has 2 rings (SSSR count). The van der Waals surface area contributed by atoms with Crippen LogP contribution in [-0.4, -0.2) is 31.0 Å². The SMILES string of the molecule is COc1ccccc1CCNC(=O)c1cccc(C(=O)NC(C)(C)C)c1. The molecule has 138 valence electrons. The Balaban J connectivity index is 1.97. The van der Waals surface area contributed by atoms with E-state index in [4.69, 9.17) is 4.74 Å². The fourth-order valence-electron chi connectivity index (χ4n) is 2.54. The third kappa shape index (κ3) is 5.62. The van der Waals surface area contributed by atoms with E-state index in [2.05, 4.69) is 10.6 Å². The van der Waals surface area contributed by atoms with Crippen LogP contribution < -0.4 is 15.4 Å². The maximum Gasteiger partial charge on any atom is 0.251 e. The van der Waals surface area contributed by atoms with Gasteiger partial charge in [0.1, 0.15) is 5.75 Å². The van der Waals surface area contributed by atoms with Gasteiger partial charge in [-0.3, -0.25) is 9.59 Å². The normalized spacial score (nSPS) is 10.9. The number of methoxy groups -OCH3 is 1. The Hall–Kier alpha value is -2.82. The van der Waals surface area contributed by atoms with Gasteiger partial charge in [-0.25, -0.2) is 0 Å². The van der Waals surface area contributed by atoms with E-state index in [0.717, 1.165) is 11.3 Å². The molecular weight excluding hydrogens is 328 g/mol. The van der Waals surface area contributed by atoms with Crippen LogP contribution in [0.2, 0.25) is 0 Å². The molecular formula is C21H26N2O3. The number of carbonyl (C=O) groups is 2. The van der Waals surface area contributed by atoms with Gasteiger partial charge in [-0.15, -0.1) is 0 Å².